The third-order valence-corrected chi connectivity index (χ3v) is 9.22. The van der Waals surface area contributed by atoms with E-state index in [1.54, 1.807) is 20.8 Å². The smallest absolute Gasteiger partial charge is 0.353 e. The molecule has 17 nitrogen and oxygen atoms in total. The number of carboxylic acids is 1. The molecule has 0 bridgehead atoms. The summed E-state index contributed by atoms with van der Waals surface area (Å²) in [5, 5.41) is 29.4. The number of amides is 3. The van der Waals surface area contributed by atoms with Gasteiger partial charge in [-0.3, -0.25) is 24.1 Å². The van der Waals surface area contributed by atoms with Gasteiger partial charge in [0.25, 0.3) is 11.8 Å². The number of likely N-dealkylation sites (N-methyl/N-ethyl adjacent to an activating group) is 1. The number of esters is 1. The van der Waals surface area contributed by atoms with E-state index in [4.69, 9.17) is 9.57 Å². The summed E-state index contributed by atoms with van der Waals surface area (Å²) < 4.78 is 5.60. The summed E-state index contributed by atoms with van der Waals surface area (Å²) in [6, 6.07) is 0.139. The zero-order valence-electron chi connectivity index (χ0n) is 27.9. The fraction of sp³-hybridized carbons (Fsp3) is 0.467. The van der Waals surface area contributed by atoms with E-state index in [2.05, 4.69) is 25.8 Å². The molecule has 0 aromatic carbocycles. The molecule has 1 saturated heterocycles. The van der Waals surface area contributed by atoms with E-state index in [9.17, 15) is 39.0 Å². The molecule has 2 aromatic rings. The number of aromatic nitrogens is 2. The van der Waals surface area contributed by atoms with Gasteiger partial charge in [-0.15, -0.1) is 23.1 Å². The number of oxime groups is 1. The van der Waals surface area contributed by atoms with Gasteiger partial charge in [0, 0.05) is 29.0 Å². The fourth-order valence-electron chi connectivity index (χ4n) is 4.95. The van der Waals surface area contributed by atoms with E-state index >= 15 is 0 Å². The molecule has 0 aliphatic carbocycles. The second-order valence-corrected chi connectivity index (χ2v) is 15.4. The number of aromatic hydroxyl groups is 1. The lowest BCUT2D eigenvalue weighted by Crippen LogP contribution is -2.71. The number of rotatable bonds is 13. The Balaban J connectivity index is 1.55. The van der Waals surface area contributed by atoms with Crippen LogP contribution in [0.1, 0.15) is 46.0 Å². The lowest BCUT2D eigenvalue weighted by Gasteiger charge is -2.49. The molecule has 2 aliphatic heterocycles. The second-order valence-electron chi connectivity index (χ2n) is 13.4. The summed E-state index contributed by atoms with van der Waals surface area (Å²) in [4.78, 5) is 88.7. The topological polar surface area (TPSA) is 230 Å². The van der Waals surface area contributed by atoms with Crippen molar-refractivity contribution in [1.82, 2.24) is 20.2 Å². The van der Waals surface area contributed by atoms with Gasteiger partial charge < -0.3 is 39.9 Å². The van der Waals surface area contributed by atoms with Gasteiger partial charge >= 0.3 is 11.9 Å². The summed E-state index contributed by atoms with van der Waals surface area (Å²) in [6.07, 6.45) is 1.59. The number of H-pyrrole nitrogens is 1. The number of fused-ring (bicyclic) bond motifs is 1. The minimum Gasteiger partial charge on any atom is -0.503 e. The second kappa shape index (κ2) is 14.0. The van der Waals surface area contributed by atoms with Gasteiger partial charge in [-0.05, 0) is 34.6 Å². The molecular formula is C30H38N7O10S2+. The van der Waals surface area contributed by atoms with E-state index in [0.717, 1.165) is 16.2 Å². The summed E-state index contributed by atoms with van der Waals surface area (Å²) in [6.45, 7) is 8.34. The fourth-order valence-corrected chi connectivity index (χ4v) is 6.94. The van der Waals surface area contributed by atoms with E-state index < -0.39 is 63.3 Å². The van der Waals surface area contributed by atoms with Crippen molar-refractivity contribution in [2.24, 2.45) is 5.16 Å². The van der Waals surface area contributed by atoms with Crippen LogP contribution >= 0.6 is 23.1 Å². The van der Waals surface area contributed by atoms with Crippen LogP contribution in [0.5, 0.6) is 5.75 Å². The molecule has 0 spiro atoms. The van der Waals surface area contributed by atoms with E-state index in [0.29, 0.717) is 24.2 Å². The number of aromatic amines is 1. The Labute approximate surface area is 288 Å². The first-order chi connectivity index (χ1) is 22.7. The number of thiazole rings is 1. The molecule has 4 heterocycles. The molecule has 1 fully saturated rings. The third kappa shape index (κ3) is 8.65. The van der Waals surface area contributed by atoms with Crippen molar-refractivity contribution in [2.75, 3.05) is 31.7 Å². The number of nitrogens with one attached hydrogen (secondary N) is 3. The number of quaternary nitrogens is 1. The third-order valence-electron chi connectivity index (χ3n) is 7.11. The number of hydrogen-bond acceptors (Lipinski definition) is 13. The molecule has 0 saturated carbocycles. The highest BCUT2D eigenvalue weighted by Gasteiger charge is 2.55. The number of carbonyl (C=O) groups excluding carboxylic acids is 4. The van der Waals surface area contributed by atoms with Crippen molar-refractivity contribution in [3.05, 3.63) is 50.5 Å². The van der Waals surface area contributed by atoms with Crippen LogP contribution in [0.2, 0.25) is 0 Å². The molecule has 2 atom stereocenters. The standard InChI is InChI=1S/C30H37N7O10S2/c1-29(2,3)46-27(45)30(4,5)47-35-20(17-13-49-28(33-17)32-14-38)23(41)34-21-24(42)36-22(26(43)44)15(12-48-25(21)36)10-37(6,7)11-16-8-18(39)19(40)9-31-16/h8-9,13-14,21,25H,10-12H2,1-7H3,(H4-,31,32,33,34,35,38,39,40,41,43,44)/p+1/t21-,25+/m1/s1. The predicted octanol–water partition coefficient (Wildman–Crippen LogP) is 0.962. The van der Waals surface area contributed by atoms with Gasteiger partial charge in [0.15, 0.2) is 16.6 Å². The van der Waals surface area contributed by atoms with Crippen molar-refractivity contribution in [3.8, 4) is 5.75 Å². The Morgan fingerprint density at radius 1 is 1.20 bits per heavy atom. The normalized spacial score (nSPS) is 18.3. The molecule has 5 N–H and O–H groups in total. The minimum absolute atomic E-state index is 0.0184. The molecule has 2 aromatic heterocycles. The quantitative estimate of drug-likeness (QED) is 0.0487. The number of nitrogens with zero attached hydrogens (tertiary/aromatic N) is 4. The van der Waals surface area contributed by atoms with Crippen molar-refractivity contribution in [3.63, 3.8) is 0 Å². The first-order valence-corrected chi connectivity index (χ1v) is 16.7. The first kappa shape index (κ1) is 37.1. The Hall–Kier alpha value is -4.75. The summed E-state index contributed by atoms with van der Waals surface area (Å²) in [7, 11) is 3.66. The lowest BCUT2D eigenvalue weighted by molar-refractivity contribution is -0.899. The number of aliphatic carboxylic acids is 1. The van der Waals surface area contributed by atoms with Crippen LogP contribution in [0.15, 0.2) is 38.9 Å². The molecule has 3 amide bonds. The van der Waals surface area contributed by atoms with Crippen molar-refractivity contribution < 1.29 is 48.2 Å². The van der Waals surface area contributed by atoms with Crippen LogP contribution in [0.25, 0.3) is 0 Å². The summed E-state index contributed by atoms with van der Waals surface area (Å²) in [5.74, 6) is -3.81. The highest BCUT2D eigenvalue weighted by molar-refractivity contribution is 8.00. The number of carboxylic acid groups (broad SMARTS) is 1. The van der Waals surface area contributed by atoms with Crippen LogP contribution < -0.4 is 16.1 Å². The first-order valence-electron chi connectivity index (χ1n) is 14.8. The van der Waals surface area contributed by atoms with E-state index in [1.807, 2.05) is 14.1 Å². The summed E-state index contributed by atoms with van der Waals surface area (Å²) >= 11 is 2.26. The van der Waals surface area contributed by atoms with Gasteiger partial charge in [0.05, 0.1) is 19.8 Å². The Morgan fingerprint density at radius 2 is 1.90 bits per heavy atom. The van der Waals surface area contributed by atoms with Gasteiger partial charge in [-0.25, -0.2) is 14.6 Å². The predicted molar refractivity (Wildman–Crippen MR) is 178 cm³/mol. The summed E-state index contributed by atoms with van der Waals surface area (Å²) in [5.41, 5.74) is -2.61. The SMILES string of the molecule is CC(C)(C)OC(=O)C(C)(C)ON=C(C(=O)N[C@@H]1C(=O)N2C(C(=O)O)=C(C[N+](C)(C)Cc3cc(=O)c(O)c[nH]3)CS[C@@H]12)c1csc(NC=O)n1. The van der Waals surface area contributed by atoms with Crippen LogP contribution in [0.3, 0.4) is 0 Å². The van der Waals surface area contributed by atoms with Gasteiger partial charge in [-0.1, -0.05) is 5.16 Å². The van der Waals surface area contributed by atoms with E-state index in [-0.39, 0.29) is 33.3 Å². The van der Waals surface area contributed by atoms with Crippen LogP contribution in [-0.2, 0) is 40.1 Å². The molecule has 0 unspecified atom stereocenters. The van der Waals surface area contributed by atoms with Gasteiger partial charge in [-0.2, -0.15) is 0 Å². The number of carbonyl (C=O) groups is 5. The largest absolute Gasteiger partial charge is 0.503 e. The molecule has 4 rings (SSSR count). The highest BCUT2D eigenvalue weighted by Crippen LogP contribution is 2.41. The maximum atomic E-state index is 13.6. The van der Waals surface area contributed by atoms with Gasteiger partial charge in [0.1, 0.15) is 41.5 Å². The van der Waals surface area contributed by atoms with Crippen LogP contribution in [-0.4, -0.2) is 114 Å². The zero-order valence-corrected chi connectivity index (χ0v) is 29.5. The molecule has 49 heavy (non-hydrogen) atoms. The maximum absolute atomic E-state index is 13.6. The van der Waals surface area contributed by atoms with Gasteiger partial charge in [0.2, 0.25) is 17.4 Å². The van der Waals surface area contributed by atoms with Crippen molar-refractivity contribution in [1.29, 1.82) is 0 Å². The average molecular weight is 721 g/mol. The molecule has 0 radical (unpaired) electrons. The number of pyridine rings is 1. The average Bonchev–Trinajstić information content (AvgIpc) is 3.44. The number of hydrogen-bond donors (Lipinski definition) is 5. The molecule has 19 heteroatoms. The maximum Gasteiger partial charge on any atom is 0.353 e. The van der Waals surface area contributed by atoms with Crippen LogP contribution in [0.4, 0.5) is 5.13 Å². The molecule has 2 aliphatic rings. The lowest BCUT2D eigenvalue weighted by atomic mass is 10.0. The number of β-lactam (4-membered cyclic amide) rings is 1. The Morgan fingerprint density at radius 3 is 2.51 bits per heavy atom. The van der Waals surface area contributed by atoms with Crippen molar-refractivity contribution in [2.45, 2.75) is 63.8 Å². The Kier molecular flexibility index (Phi) is 10.6. The molecule has 264 valence electrons. The number of ether oxygens (including phenoxy) is 1. The highest BCUT2D eigenvalue weighted by atomic mass is 32.2. The minimum atomic E-state index is -1.64. The zero-order chi connectivity index (χ0) is 36.5. The monoisotopic (exact) mass is 720 g/mol. The van der Waals surface area contributed by atoms with E-state index in [1.165, 1.54) is 43.3 Å². The van der Waals surface area contributed by atoms with Crippen LogP contribution in [0, 0.1) is 0 Å². The number of anilines is 1. The van der Waals surface area contributed by atoms with Crippen molar-refractivity contribution >= 4 is 64.1 Å². The Bertz CT molecular complexity index is 1790. The molecular weight excluding hydrogens is 683 g/mol. The number of thioether (sulfide) groups is 1.